The molecule has 0 aromatic carbocycles. The lowest BCUT2D eigenvalue weighted by atomic mass is 10.1. The van der Waals surface area contributed by atoms with Crippen LogP contribution in [0.25, 0.3) is 0 Å². The van der Waals surface area contributed by atoms with Gasteiger partial charge in [-0.3, -0.25) is 4.90 Å². The second-order valence-electron chi connectivity index (χ2n) is 4.40. The average Bonchev–Trinajstić information content (AvgIpc) is 2.35. The van der Waals surface area contributed by atoms with Crippen molar-refractivity contribution in [3.05, 3.63) is 0 Å². The van der Waals surface area contributed by atoms with Crippen molar-refractivity contribution in [3.8, 4) is 0 Å². The molecule has 0 saturated heterocycles. The number of nitrogens with zero attached hydrogens (tertiary/aromatic N) is 1. The number of hydrogen-bond acceptors (Lipinski definition) is 4. The summed E-state index contributed by atoms with van der Waals surface area (Å²) in [5, 5.41) is 3.41. The number of ether oxygens (including phenoxy) is 2. The van der Waals surface area contributed by atoms with Gasteiger partial charge in [-0.25, -0.2) is 0 Å². The topological polar surface area (TPSA) is 33.7 Å². The second kappa shape index (κ2) is 11.0. The van der Waals surface area contributed by atoms with Crippen molar-refractivity contribution < 1.29 is 9.47 Å². The van der Waals surface area contributed by atoms with Crippen LogP contribution in [0.1, 0.15) is 27.2 Å². The Morgan fingerprint density at radius 3 is 2.35 bits per heavy atom. The Labute approximate surface area is 107 Å². The molecule has 0 aliphatic rings. The lowest BCUT2D eigenvalue weighted by Crippen LogP contribution is -2.50. The molecule has 0 fully saturated rings. The smallest absolute Gasteiger partial charge is 0.0630 e. The van der Waals surface area contributed by atoms with E-state index < -0.39 is 0 Å². The Morgan fingerprint density at radius 1 is 1.18 bits per heavy atom. The van der Waals surface area contributed by atoms with Crippen LogP contribution in [0.2, 0.25) is 0 Å². The summed E-state index contributed by atoms with van der Waals surface area (Å²) in [5.41, 5.74) is 0. The molecule has 0 spiro atoms. The maximum atomic E-state index is 5.33. The molecule has 0 saturated carbocycles. The molecule has 0 aliphatic carbocycles. The molecular formula is C13H30N2O2. The fourth-order valence-corrected chi connectivity index (χ4v) is 1.97. The third-order valence-electron chi connectivity index (χ3n) is 3.17. The number of rotatable bonds is 11. The van der Waals surface area contributed by atoms with E-state index in [9.17, 15) is 0 Å². The molecule has 0 aromatic heterocycles. The largest absolute Gasteiger partial charge is 0.383 e. The standard InChI is InChI=1S/C13H30N2O2/c1-6-12(3)15(8-9-16-4)13(11-17-5)10-14-7-2/h12-14H,6-11H2,1-5H3. The minimum absolute atomic E-state index is 0.421. The van der Waals surface area contributed by atoms with E-state index in [-0.39, 0.29) is 0 Å². The fourth-order valence-electron chi connectivity index (χ4n) is 1.97. The van der Waals surface area contributed by atoms with Crippen LogP contribution >= 0.6 is 0 Å². The van der Waals surface area contributed by atoms with Gasteiger partial charge in [-0.15, -0.1) is 0 Å². The molecule has 104 valence electrons. The summed E-state index contributed by atoms with van der Waals surface area (Å²) in [4.78, 5) is 2.48. The van der Waals surface area contributed by atoms with Crippen molar-refractivity contribution >= 4 is 0 Å². The van der Waals surface area contributed by atoms with Crippen LogP contribution in [0.3, 0.4) is 0 Å². The molecule has 0 radical (unpaired) electrons. The fraction of sp³-hybridized carbons (Fsp3) is 1.00. The molecule has 17 heavy (non-hydrogen) atoms. The predicted molar refractivity (Wildman–Crippen MR) is 72.5 cm³/mol. The van der Waals surface area contributed by atoms with Crippen LogP contribution in [-0.4, -0.2) is 64.1 Å². The maximum absolute atomic E-state index is 5.33. The summed E-state index contributed by atoms with van der Waals surface area (Å²) in [6, 6.07) is 0.981. The Morgan fingerprint density at radius 2 is 1.88 bits per heavy atom. The first kappa shape index (κ1) is 16.8. The van der Waals surface area contributed by atoms with E-state index in [2.05, 4.69) is 31.0 Å². The van der Waals surface area contributed by atoms with E-state index in [4.69, 9.17) is 9.47 Å². The molecule has 0 aliphatic heterocycles. The van der Waals surface area contributed by atoms with Crippen LogP contribution in [0, 0.1) is 0 Å². The third kappa shape index (κ3) is 6.99. The van der Waals surface area contributed by atoms with Crippen LogP contribution in [0.5, 0.6) is 0 Å². The van der Waals surface area contributed by atoms with E-state index in [0.29, 0.717) is 12.1 Å². The van der Waals surface area contributed by atoms with E-state index in [1.807, 2.05) is 0 Å². The Balaban J connectivity index is 4.42. The normalized spacial score (nSPS) is 15.2. The highest BCUT2D eigenvalue weighted by Crippen LogP contribution is 2.09. The highest BCUT2D eigenvalue weighted by molar-refractivity contribution is 4.78. The molecule has 4 heteroatoms. The highest BCUT2D eigenvalue weighted by atomic mass is 16.5. The lowest BCUT2D eigenvalue weighted by molar-refractivity contribution is 0.0431. The lowest BCUT2D eigenvalue weighted by Gasteiger charge is -2.35. The minimum atomic E-state index is 0.421. The van der Waals surface area contributed by atoms with Gasteiger partial charge < -0.3 is 14.8 Å². The molecule has 2 atom stereocenters. The van der Waals surface area contributed by atoms with Crippen molar-refractivity contribution in [1.29, 1.82) is 0 Å². The SMILES string of the molecule is CCNCC(COC)N(CCOC)C(C)CC. The minimum Gasteiger partial charge on any atom is -0.383 e. The first-order valence-electron chi connectivity index (χ1n) is 6.65. The molecule has 4 nitrogen and oxygen atoms in total. The Bertz CT molecular complexity index is 167. The van der Waals surface area contributed by atoms with Gasteiger partial charge in [0.05, 0.1) is 13.2 Å². The van der Waals surface area contributed by atoms with Gasteiger partial charge in [0.15, 0.2) is 0 Å². The average molecular weight is 246 g/mol. The van der Waals surface area contributed by atoms with Crippen LogP contribution in [-0.2, 0) is 9.47 Å². The van der Waals surface area contributed by atoms with Gasteiger partial charge in [0.2, 0.25) is 0 Å². The highest BCUT2D eigenvalue weighted by Gasteiger charge is 2.21. The molecule has 0 heterocycles. The quantitative estimate of drug-likeness (QED) is 0.597. The number of methoxy groups -OCH3 is 2. The summed E-state index contributed by atoms with van der Waals surface area (Å²) in [6.45, 7) is 11.1. The van der Waals surface area contributed by atoms with Crippen molar-refractivity contribution in [2.75, 3.05) is 47.1 Å². The van der Waals surface area contributed by atoms with Crippen molar-refractivity contribution in [3.63, 3.8) is 0 Å². The number of likely N-dealkylation sites (N-methyl/N-ethyl adjacent to an activating group) is 1. The van der Waals surface area contributed by atoms with Gasteiger partial charge in [0, 0.05) is 39.4 Å². The van der Waals surface area contributed by atoms with E-state index in [0.717, 1.165) is 39.3 Å². The summed E-state index contributed by atoms with van der Waals surface area (Å²) < 4.78 is 10.5. The van der Waals surface area contributed by atoms with Gasteiger partial charge in [0.1, 0.15) is 0 Å². The molecule has 0 rings (SSSR count). The zero-order valence-electron chi connectivity index (χ0n) is 12.2. The zero-order chi connectivity index (χ0) is 13.1. The van der Waals surface area contributed by atoms with Gasteiger partial charge in [-0.2, -0.15) is 0 Å². The maximum Gasteiger partial charge on any atom is 0.0630 e. The van der Waals surface area contributed by atoms with Gasteiger partial charge in [-0.1, -0.05) is 13.8 Å². The van der Waals surface area contributed by atoms with Gasteiger partial charge in [-0.05, 0) is 19.9 Å². The van der Waals surface area contributed by atoms with Crippen LogP contribution in [0.15, 0.2) is 0 Å². The zero-order valence-corrected chi connectivity index (χ0v) is 12.2. The monoisotopic (exact) mass is 246 g/mol. The van der Waals surface area contributed by atoms with Gasteiger partial charge >= 0.3 is 0 Å². The van der Waals surface area contributed by atoms with Crippen molar-refractivity contribution in [2.45, 2.75) is 39.3 Å². The first-order chi connectivity index (χ1) is 8.21. The van der Waals surface area contributed by atoms with E-state index in [1.165, 1.54) is 0 Å². The van der Waals surface area contributed by atoms with Gasteiger partial charge in [0.25, 0.3) is 0 Å². The summed E-state index contributed by atoms with van der Waals surface area (Å²) >= 11 is 0. The second-order valence-corrected chi connectivity index (χ2v) is 4.40. The Kier molecular flexibility index (Phi) is 10.9. The van der Waals surface area contributed by atoms with Crippen LogP contribution in [0.4, 0.5) is 0 Å². The molecular weight excluding hydrogens is 216 g/mol. The molecule has 0 bridgehead atoms. The first-order valence-corrected chi connectivity index (χ1v) is 6.65. The van der Waals surface area contributed by atoms with Crippen molar-refractivity contribution in [2.24, 2.45) is 0 Å². The summed E-state index contributed by atoms with van der Waals surface area (Å²) in [5.74, 6) is 0. The van der Waals surface area contributed by atoms with Crippen molar-refractivity contribution in [1.82, 2.24) is 10.2 Å². The molecule has 1 N–H and O–H groups in total. The third-order valence-corrected chi connectivity index (χ3v) is 3.17. The van der Waals surface area contributed by atoms with Crippen LogP contribution < -0.4 is 5.32 Å². The number of hydrogen-bond donors (Lipinski definition) is 1. The van der Waals surface area contributed by atoms with E-state index >= 15 is 0 Å². The number of nitrogens with one attached hydrogen (secondary N) is 1. The summed E-state index contributed by atoms with van der Waals surface area (Å²) in [6.07, 6.45) is 1.15. The molecule has 0 aromatic rings. The predicted octanol–water partition coefficient (Wildman–Crippen LogP) is 1.36. The molecule has 0 amide bonds. The Hall–Kier alpha value is -0.160. The molecule has 2 unspecified atom stereocenters. The summed E-state index contributed by atoms with van der Waals surface area (Å²) in [7, 11) is 3.52. The van der Waals surface area contributed by atoms with E-state index in [1.54, 1.807) is 14.2 Å².